The molecule has 0 spiro atoms. The van der Waals surface area contributed by atoms with E-state index in [1.807, 2.05) is 61.5 Å². The van der Waals surface area contributed by atoms with Crippen molar-refractivity contribution >= 4 is 16.3 Å². The smallest absolute Gasteiger partial charge is 0.265 e. The lowest BCUT2D eigenvalue weighted by Crippen LogP contribution is -2.19. The van der Waals surface area contributed by atoms with Crippen LogP contribution in [-0.2, 0) is 0 Å². The van der Waals surface area contributed by atoms with E-state index in [9.17, 15) is 4.79 Å². The van der Waals surface area contributed by atoms with Crippen molar-refractivity contribution in [1.29, 1.82) is 0 Å². The van der Waals surface area contributed by atoms with E-state index >= 15 is 0 Å². The number of benzene rings is 2. The van der Waals surface area contributed by atoms with Gasteiger partial charge in [0.05, 0.1) is 0 Å². The van der Waals surface area contributed by atoms with Crippen LogP contribution in [0.5, 0.6) is 0 Å². The first-order valence-electron chi connectivity index (χ1n) is 7.11. The van der Waals surface area contributed by atoms with Crippen LogP contribution in [0.4, 0.5) is 0 Å². The highest BCUT2D eigenvalue weighted by Gasteiger charge is 2.14. The molecule has 0 N–H and O–H groups in total. The van der Waals surface area contributed by atoms with Gasteiger partial charge in [0.1, 0.15) is 5.01 Å². The Bertz CT molecular complexity index is 1040. The lowest BCUT2D eigenvalue weighted by molar-refractivity contribution is 0.862. The zero-order valence-corrected chi connectivity index (χ0v) is 13.1. The number of rotatable bonds is 2. The van der Waals surface area contributed by atoms with Crippen LogP contribution in [0.25, 0.3) is 26.8 Å². The maximum Gasteiger partial charge on any atom is 0.302 e. The average Bonchev–Trinajstić information content (AvgIpc) is 3.02. The molecule has 0 aliphatic heterocycles. The second kappa shape index (κ2) is 5.40. The predicted molar refractivity (Wildman–Crippen MR) is 90.5 cm³/mol. The van der Waals surface area contributed by atoms with Crippen molar-refractivity contribution in [2.45, 2.75) is 6.92 Å². The van der Waals surface area contributed by atoms with E-state index < -0.39 is 0 Å². The highest BCUT2D eigenvalue weighted by Crippen LogP contribution is 2.24. The van der Waals surface area contributed by atoms with Crippen LogP contribution in [0.2, 0.25) is 0 Å². The number of hydrogen-bond donors (Lipinski definition) is 0. The van der Waals surface area contributed by atoms with Crippen LogP contribution in [0.1, 0.15) is 5.56 Å². The van der Waals surface area contributed by atoms with E-state index in [1.165, 1.54) is 21.4 Å². The van der Waals surface area contributed by atoms with Gasteiger partial charge in [0, 0.05) is 11.1 Å². The zero-order chi connectivity index (χ0) is 15.8. The van der Waals surface area contributed by atoms with E-state index in [2.05, 4.69) is 15.3 Å². The zero-order valence-electron chi connectivity index (χ0n) is 12.3. The van der Waals surface area contributed by atoms with Gasteiger partial charge in [-0.25, -0.2) is 0 Å². The summed E-state index contributed by atoms with van der Waals surface area (Å²) < 4.78 is 1.33. The van der Waals surface area contributed by atoms with Gasteiger partial charge < -0.3 is 0 Å². The summed E-state index contributed by atoms with van der Waals surface area (Å²) in [7, 11) is 0. The van der Waals surface area contributed by atoms with Gasteiger partial charge in [0.15, 0.2) is 5.69 Å². The molecule has 2 aromatic heterocycles. The van der Waals surface area contributed by atoms with Gasteiger partial charge in [-0.1, -0.05) is 71.5 Å². The highest BCUT2D eigenvalue weighted by molar-refractivity contribution is 7.19. The molecule has 0 amide bonds. The molecule has 4 aromatic rings. The summed E-state index contributed by atoms with van der Waals surface area (Å²) in [4.78, 5) is 13.1. The van der Waals surface area contributed by atoms with Crippen LogP contribution in [0.15, 0.2) is 59.4 Å². The van der Waals surface area contributed by atoms with Crippen molar-refractivity contribution in [2.75, 3.05) is 0 Å². The number of aryl methyl sites for hydroxylation is 1. The Morgan fingerprint density at radius 2 is 1.65 bits per heavy atom. The topological polar surface area (TPSA) is 60.2 Å². The van der Waals surface area contributed by atoms with Gasteiger partial charge in [-0.2, -0.15) is 9.61 Å². The summed E-state index contributed by atoms with van der Waals surface area (Å²) in [6, 6.07) is 17.3. The standard InChI is InChI=1S/C17H12N4OS/c1-11-7-9-13(10-8-11)15-20-21-16(22)14(18-19-17(21)23-15)12-5-3-2-4-6-12/h2-10H,1H3. The molecular weight excluding hydrogens is 308 g/mol. The van der Waals surface area contributed by atoms with Gasteiger partial charge in [0.2, 0.25) is 4.96 Å². The highest BCUT2D eigenvalue weighted by atomic mass is 32.1. The first kappa shape index (κ1) is 13.8. The summed E-state index contributed by atoms with van der Waals surface area (Å²) >= 11 is 1.35. The van der Waals surface area contributed by atoms with Crippen molar-refractivity contribution in [1.82, 2.24) is 19.8 Å². The molecule has 0 unspecified atom stereocenters. The minimum Gasteiger partial charge on any atom is -0.265 e. The predicted octanol–water partition coefficient (Wildman–Crippen LogP) is 3.19. The van der Waals surface area contributed by atoms with Crippen molar-refractivity contribution in [3.63, 3.8) is 0 Å². The van der Waals surface area contributed by atoms with Crippen LogP contribution in [0.3, 0.4) is 0 Å². The fraction of sp³-hybridized carbons (Fsp3) is 0.0588. The Morgan fingerprint density at radius 1 is 0.913 bits per heavy atom. The molecular formula is C17H12N4OS. The molecule has 112 valence electrons. The summed E-state index contributed by atoms with van der Waals surface area (Å²) in [5.41, 5.74) is 2.94. The molecule has 0 bridgehead atoms. The van der Waals surface area contributed by atoms with Crippen LogP contribution in [-0.4, -0.2) is 19.8 Å². The van der Waals surface area contributed by atoms with Crippen molar-refractivity contribution in [3.05, 3.63) is 70.5 Å². The van der Waals surface area contributed by atoms with E-state index in [0.29, 0.717) is 10.7 Å². The van der Waals surface area contributed by atoms with Crippen molar-refractivity contribution < 1.29 is 0 Å². The second-order valence-corrected chi connectivity index (χ2v) is 6.14. The first-order chi connectivity index (χ1) is 11.2. The Labute approximate surface area is 135 Å². The summed E-state index contributed by atoms with van der Waals surface area (Å²) in [6.45, 7) is 2.03. The molecule has 6 heteroatoms. The van der Waals surface area contributed by atoms with E-state index in [-0.39, 0.29) is 5.56 Å². The van der Waals surface area contributed by atoms with Gasteiger partial charge in [0.25, 0.3) is 0 Å². The maximum absolute atomic E-state index is 12.6. The number of hydrogen-bond acceptors (Lipinski definition) is 5. The second-order valence-electron chi connectivity index (χ2n) is 5.19. The third kappa shape index (κ3) is 2.43. The van der Waals surface area contributed by atoms with Gasteiger partial charge >= 0.3 is 5.56 Å². The summed E-state index contributed by atoms with van der Waals surface area (Å²) in [5.74, 6) is 0. The van der Waals surface area contributed by atoms with Gasteiger partial charge in [-0.15, -0.1) is 10.2 Å². The van der Waals surface area contributed by atoms with Gasteiger partial charge in [-0.05, 0) is 6.92 Å². The minimum absolute atomic E-state index is 0.254. The summed E-state index contributed by atoms with van der Waals surface area (Å²) in [5, 5.41) is 13.4. The molecule has 4 rings (SSSR count). The third-order valence-corrected chi connectivity index (χ3v) is 4.48. The largest absolute Gasteiger partial charge is 0.302 e. The van der Waals surface area contributed by atoms with E-state index in [0.717, 1.165) is 16.1 Å². The van der Waals surface area contributed by atoms with Gasteiger partial charge in [-0.3, -0.25) is 4.79 Å². The number of aromatic nitrogens is 4. The fourth-order valence-corrected chi connectivity index (χ4v) is 3.15. The Balaban J connectivity index is 1.88. The lowest BCUT2D eigenvalue weighted by atomic mass is 10.2. The molecule has 0 atom stereocenters. The van der Waals surface area contributed by atoms with Crippen LogP contribution >= 0.6 is 11.3 Å². The lowest BCUT2D eigenvalue weighted by Gasteiger charge is -1.98. The fourth-order valence-electron chi connectivity index (χ4n) is 2.30. The first-order valence-corrected chi connectivity index (χ1v) is 7.93. The molecule has 0 fully saturated rings. The Kier molecular flexibility index (Phi) is 3.24. The van der Waals surface area contributed by atoms with E-state index in [4.69, 9.17) is 0 Å². The minimum atomic E-state index is -0.254. The third-order valence-electron chi connectivity index (χ3n) is 3.54. The molecule has 5 nitrogen and oxygen atoms in total. The Hall–Kier alpha value is -2.86. The molecule has 2 heterocycles. The quantitative estimate of drug-likeness (QED) is 0.569. The molecule has 0 saturated heterocycles. The van der Waals surface area contributed by atoms with Crippen LogP contribution < -0.4 is 5.56 Å². The molecule has 0 aliphatic carbocycles. The molecule has 0 aliphatic rings. The average molecular weight is 320 g/mol. The van der Waals surface area contributed by atoms with Crippen molar-refractivity contribution in [3.8, 4) is 21.8 Å². The molecule has 0 saturated carbocycles. The normalized spacial score (nSPS) is 11.0. The van der Waals surface area contributed by atoms with Crippen LogP contribution in [0, 0.1) is 6.92 Å². The van der Waals surface area contributed by atoms with Crippen molar-refractivity contribution in [2.24, 2.45) is 0 Å². The Morgan fingerprint density at radius 3 is 2.39 bits per heavy atom. The molecule has 23 heavy (non-hydrogen) atoms. The van der Waals surface area contributed by atoms with E-state index in [1.54, 1.807) is 0 Å². The molecule has 2 aromatic carbocycles. The SMILES string of the molecule is Cc1ccc(-c2nn3c(=O)c(-c4ccccc4)nnc3s2)cc1. The maximum atomic E-state index is 12.6. The number of nitrogens with zero attached hydrogens (tertiary/aromatic N) is 4. The number of fused-ring (bicyclic) bond motifs is 1. The molecule has 0 radical (unpaired) electrons. The summed E-state index contributed by atoms with van der Waals surface area (Å²) in [6.07, 6.45) is 0. The monoisotopic (exact) mass is 320 g/mol.